The van der Waals surface area contributed by atoms with E-state index >= 15 is 0 Å². The van der Waals surface area contributed by atoms with Crippen LogP contribution in [0.4, 0.5) is 5.69 Å². The van der Waals surface area contributed by atoms with Gasteiger partial charge in [0, 0.05) is 17.7 Å². The lowest BCUT2D eigenvalue weighted by atomic mass is 10.0. The van der Waals surface area contributed by atoms with E-state index in [0.29, 0.717) is 5.56 Å². The van der Waals surface area contributed by atoms with Crippen molar-refractivity contribution in [2.75, 3.05) is 7.11 Å². The van der Waals surface area contributed by atoms with Gasteiger partial charge in [-0.15, -0.1) is 0 Å². The predicted octanol–water partition coefficient (Wildman–Crippen LogP) is 2.44. The minimum Gasteiger partial charge on any atom is -0.468 e. The van der Waals surface area contributed by atoms with Crippen molar-refractivity contribution < 1.29 is 14.5 Å². The summed E-state index contributed by atoms with van der Waals surface area (Å²) in [6, 6.07) is 5.66. The SMILES string of the molecule is COC(=O)[C@@H](NC(C)c1ccccc1[N+](=O)[O-])C(C)C. The summed E-state index contributed by atoms with van der Waals surface area (Å²) in [6.07, 6.45) is 0. The number of nitro benzene ring substituents is 1. The number of nitrogens with one attached hydrogen (secondary N) is 1. The van der Waals surface area contributed by atoms with Gasteiger partial charge in [0.25, 0.3) is 5.69 Å². The molecule has 20 heavy (non-hydrogen) atoms. The molecule has 1 N–H and O–H groups in total. The van der Waals surface area contributed by atoms with E-state index in [4.69, 9.17) is 4.74 Å². The number of benzene rings is 1. The molecule has 6 nitrogen and oxygen atoms in total. The molecule has 0 saturated heterocycles. The fraction of sp³-hybridized carbons (Fsp3) is 0.500. The second-order valence-electron chi connectivity index (χ2n) is 4.95. The third-order valence-corrected chi connectivity index (χ3v) is 3.15. The number of ether oxygens (including phenoxy) is 1. The van der Waals surface area contributed by atoms with Gasteiger partial charge >= 0.3 is 5.97 Å². The molecule has 0 bridgehead atoms. The molecule has 0 radical (unpaired) electrons. The van der Waals surface area contributed by atoms with E-state index in [1.165, 1.54) is 13.2 Å². The maximum atomic E-state index is 11.7. The van der Waals surface area contributed by atoms with Gasteiger partial charge in [0.1, 0.15) is 6.04 Å². The highest BCUT2D eigenvalue weighted by Gasteiger charge is 2.27. The summed E-state index contributed by atoms with van der Waals surface area (Å²) >= 11 is 0. The van der Waals surface area contributed by atoms with Crippen molar-refractivity contribution in [3.05, 3.63) is 39.9 Å². The molecule has 0 aliphatic rings. The number of methoxy groups -OCH3 is 1. The molecule has 1 aromatic rings. The first-order valence-electron chi connectivity index (χ1n) is 6.45. The summed E-state index contributed by atoms with van der Waals surface area (Å²) < 4.78 is 4.75. The van der Waals surface area contributed by atoms with Crippen molar-refractivity contribution in [3.8, 4) is 0 Å². The highest BCUT2D eigenvalue weighted by molar-refractivity contribution is 5.76. The average Bonchev–Trinajstić information content (AvgIpc) is 2.43. The van der Waals surface area contributed by atoms with E-state index in [1.807, 2.05) is 13.8 Å². The first-order chi connectivity index (χ1) is 9.38. The minimum absolute atomic E-state index is 0.0210. The second-order valence-corrected chi connectivity index (χ2v) is 4.95. The fourth-order valence-electron chi connectivity index (χ4n) is 2.04. The largest absolute Gasteiger partial charge is 0.468 e. The molecule has 0 heterocycles. The number of rotatable bonds is 6. The second kappa shape index (κ2) is 7.00. The van der Waals surface area contributed by atoms with Crippen LogP contribution in [-0.2, 0) is 9.53 Å². The molecule has 2 atom stereocenters. The Morgan fingerprint density at radius 2 is 1.90 bits per heavy atom. The summed E-state index contributed by atoms with van der Waals surface area (Å²) in [7, 11) is 1.33. The molecule has 1 rings (SSSR count). The molecule has 0 spiro atoms. The molecule has 1 aromatic carbocycles. The number of carbonyl (C=O) groups is 1. The Bertz CT molecular complexity index is 488. The number of esters is 1. The van der Waals surface area contributed by atoms with Crippen LogP contribution in [0.25, 0.3) is 0 Å². The molecule has 110 valence electrons. The Kier molecular flexibility index (Phi) is 5.64. The van der Waals surface area contributed by atoms with Crippen LogP contribution in [0.2, 0.25) is 0 Å². The topological polar surface area (TPSA) is 81.5 Å². The van der Waals surface area contributed by atoms with Crippen molar-refractivity contribution >= 4 is 11.7 Å². The summed E-state index contributed by atoms with van der Waals surface area (Å²) in [4.78, 5) is 22.3. The molecule has 6 heteroatoms. The quantitative estimate of drug-likeness (QED) is 0.491. The number of carbonyl (C=O) groups excluding carboxylic acids is 1. The lowest BCUT2D eigenvalue weighted by Gasteiger charge is -2.24. The van der Waals surface area contributed by atoms with E-state index in [-0.39, 0.29) is 23.6 Å². The zero-order chi connectivity index (χ0) is 15.3. The van der Waals surface area contributed by atoms with E-state index in [0.717, 1.165) is 0 Å². The average molecular weight is 280 g/mol. The summed E-state index contributed by atoms with van der Waals surface area (Å²) in [6.45, 7) is 5.57. The lowest BCUT2D eigenvalue weighted by Crippen LogP contribution is -2.43. The van der Waals surface area contributed by atoms with Crippen molar-refractivity contribution in [2.24, 2.45) is 5.92 Å². The zero-order valence-corrected chi connectivity index (χ0v) is 12.1. The summed E-state index contributed by atoms with van der Waals surface area (Å²) in [5, 5.41) is 14.1. The van der Waals surface area contributed by atoms with Crippen molar-refractivity contribution in [3.63, 3.8) is 0 Å². The maximum absolute atomic E-state index is 11.7. The Hall–Kier alpha value is -1.95. The number of nitro groups is 1. The van der Waals surface area contributed by atoms with Crippen LogP contribution in [0.15, 0.2) is 24.3 Å². The van der Waals surface area contributed by atoms with Crippen molar-refractivity contribution in [1.82, 2.24) is 5.32 Å². The molecule has 0 saturated carbocycles. The van der Waals surface area contributed by atoms with Gasteiger partial charge in [-0.2, -0.15) is 0 Å². The van der Waals surface area contributed by atoms with E-state index in [2.05, 4.69) is 5.32 Å². The third kappa shape index (κ3) is 3.77. The fourth-order valence-corrected chi connectivity index (χ4v) is 2.04. The van der Waals surface area contributed by atoms with Gasteiger partial charge in [-0.3, -0.25) is 20.2 Å². The van der Waals surface area contributed by atoms with Gasteiger partial charge in [0.2, 0.25) is 0 Å². The van der Waals surface area contributed by atoms with Crippen LogP contribution in [0, 0.1) is 16.0 Å². The van der Waals surface area contributed by atoms with Crippen molar-refractivity contribution in [2.45, 2.75) is 32.9 Å². The molecule has 0 fully saturated rings. The first kappa shape index (κ1) is 16.1. The molecule has 0 aliphatic carbocycles. The Labute approximate surface area is 118 Å². The highest BCUT2D eigenvalue weighted by Crippen LogP contribution is 2.25. The van der Waals surface area contributed by atoms with Gasteiger partial charge in [-0.05, 0) is 12.8 Å². The van der Waals surface area contributed by atoms with E-state index < -0.39 is 11.0 Å². The van der Waals surface area contributed by atoms with Crippen LogP contribution in [0.1, 0.15) is 32.4 Å². The highest BCUT2D eigenvalue weighted by atomic mass is 16.6. The predicted molar refractivity (Wildman–Crippen MR) is 75.3 cm³/mol. The molecule has 0 aliphatic heterocycles. The van der Waals surface area contributed by atoms with Crippen molar-refractivity contribution in [1.29, 1.82) is 0 Å². The molecular formula is C14H20N2O4. The molecule has 0 aromatic heterocycles. The van der Waals surface area contributed by atoms with Crippen LogP contribution in [0.3, 0.4) is 0 Å². The Morgan fingerprint density at radius 3 is 2.40 bits per heavy atom. The number of hydrogen-bond donors (Lipinski definition) is 1. The Morgan fingerprint density at radius 1 is 1.30 bits per heavy atom. The third-order valence-electron chi connectivity index (χ3n) is 3.15. The van der Waals surface area contributed by atoms with Crippen LogP contribution >= 0.6 is 0 Å². The van der Waals surface area contributed by atoms with E-state index in [1.54, 1.807) is 25.1 Å². The molecule has 1 unspecified atom stereocenters. The van der Waals surface area contributed by atoms with Crippen LogP contribution < -0.4 is 5.32 Å². The number of hydrogen-bond acceptors (Lipinski definition) is 5. The molecule has 0 amide bonds. The summed E-state index contributed by atoms with van der Waals surface area (Å²) in [5.41, 5.74) is 0.590. The van der Waals surface area contributed by atoms with Gasteiger partial charge in [-0.25, -0.2) is 0 Å². The van der Waals surface area contributed by atoms with Gasteiger partial charge in [0.05, 0.1) is 12.0 Å². The molecular weight excluding hydrogens is 260 g/mol. The number of nitrogens with zero attached hydrogens (tertiary/aromatic N) is 1. The minimum atomic E-state index is -0.505. The monoisotopic (exact) mass is 280 g/mol. The zero-order valence-electron chi connectivity index (χ0n) is 12.1. The Balaban J connectivity index is 2.97. The summed E-state index contributed by atoms with van der Waals surface area (Å²) in [5.74, 6) is -0.349. The van der Waals surface area contributed by atoms with Gasteiger partial charge < -0.3 is 4.74 Å². The normalized spacial score (nSPS) is 13.8. The van der Waals surface area contributed by atoms with E-state index in [9.17, 15) is 14.9 Å². The van der Waals surface area contributed by atoms with Gasteiger partial charge in [-0.1, -0.05) is 32.0 Å². The maximum Gasteiger partial charge on any atom is 0.323 e. The van der Waals surface area contributed by atoms with Gasteiger partial charge in [0.15, 0.2) is 0 Å². The lowest BCUT2D eigenvalue weighted by molar-refractivity contribution is -0.385. The number of para-hydroxylation sites is 1. The first-order valence-corrected chi connectivity index (χ1v) is 6.45. The smallest absolute Gasteiger partial charge is 0.323 e. The van der Waals surface area contributed by atoms with Crippen LogP contribution in [-0.4, -0.2) is 24.0 Å². The van der Waals surface area contributed by atoms with Crippen LogP contribution in [0.5, 0.6) is 0 Å². The standard InChI is InChI=1S/C14H20N2O4/c1-9(2)13(14(17)20-4)15-10(3)11-7-5-6-8-12(11)16(18)19/h5-10,13,15H,1-4H3/t10?,13-/m0/s1.